The van der Waals surface area contributed by atoms with Gasteiger partial charge in [-0.2, -0.15) is 18.4 Å². The summed E-state index contributed by atoms with van der Waals surface area (Å²) in [4.78, 5) is 4.25. The first-order valence-electron chi connectivity index (χ1n) is 8.09. The second kappa shape index (κ2) is 6.47. The zero-order valence-corrected chi connectivity index (χ0v) is 14.2. The number of fused-ring (bicyclic) bond motifs is 1. The topological polar surface area (TPSA) is 93.9 Å². The number of hydrogen-bond donors (Lipinski definition) is 1. The van der Waals surface area contributed by atoms with Gasteiger partial charge in [-0.15, -0.1) is 10.2 Å². The van der Waals surface area contributed by atoms with Crippen LogP contribution in [0.4, 0.5) is 18.9 Å². The highest BCUT2D eigenvalue weighted by molar-refractivity contribution is 5.79. The molecule has 2 aliphatic heterocycles. The summed E-state index contributed by atoms with van der Waals surface area (Å²) >= 11 is 0. The average Bonchev–Trinajstić information content (AvgIpc) is 3.07. The quantitative estimate of drug-likeness (QED) is 0.855. The minimum atomic E-state index is -4.43. The van der Waals surface area contributed by atoms with E-state index in [1.165, 1.54) is 17.1 Å². The minimum Gasteiger partial charge on any atom is -0.290 e. The number of azo groups is 1. The molecule has 1 aromatic heterocycles. The molecule has 0 radical (unpaired) electrons. The van der Waals surface area contributed by atoms with Crippen molar-refractivity contribution in [1.29, 1.82) is 5.26 Å². The van der Waals surface area contributed by atoms with Crippen LogP contribution in [0.1, 0.15) is 16.8 Å². The molecule has 0 bridgehead atoms. The Morgan fingerprint density at radius 1 is 1.14 bits per heavy atom. The number of alkyl halides is 3. The molecule has 4 rings (SSSR count). The van der Waals surface area contributed by atoms with Gasteiger partial charge in [-0.3, -0.25) is 15.7 Å². The summed E-state index contributed by atoms with van der Waals surface area (Å²) in [7, 11) is 0. The van der Waals surface area contributed by atoms with E-state index in [9.17, 15) is 18.4 Å². The zero-order valence-electron chi connectivity index (χ0n) is 14.2. The number of hydrazine groups is 1. The molecule has 1 aromatic carbocycles. The lowest BCUT2D eigenvalue weighted by molar-refractivity contribution is -0.137. The lowest BCUT2D eigenvalue weighted by Gasteiger charge is -2.36. The molecule has 10 heteroatoms. The first-order valence-corrected chi connectivity index (χ1v) is 8.09. The van der Waals surface area contributed by atoms with Crippen LogP contribution in [-0.4, -0.2) is 16.3 Å². The van der Waals surface area contributed by atoms with Gasteiger partial charge in [-0.05, 0) is 42.5 Å². The van der Waals surface area contributed by atoms with E-state index >= 15 is 0 Å². The van der Waals surface area contributed by atoms with Crippen molar-refractivity contribution in [3.05, 3.63) is 77.5 Å². The number of benzene rings is 1. The highest BCUT2D eigenvalue weighted by Crippen LogP contribution is 2.36. The van der Waals surface area contributed by atoms with Crippen molar-refractivity contribution < 1.29 is 13.2 Å². The average molecular weight is 383 g/mol. The summed E-state index contributed by atoms with van der Waals surface area (Å²) in [5.74, 6) is 0.388. The number of rotatable bonds is 2. The second-order valence-corrected chi connectivity index (χ2v) is 5.96. The van der Waals surface area contributed by atoms with Crippen LogP contribution in [0.2, 0.25) is 0 Å². The lowest BCUT2D eigenvalue weighted by atomic mass is 10.1. The lowest BCUT2D eigenvalue weighted by Crippen LogP contribution is -2.47. The van der Waals surface area contributed by atoms with Gasteiger partial charge in [0, 0.05) is 18.0 Å². The molecular weight excluding hydrogens is 371 g/mol. The predicted molar refractivity (Wildman–Crippen MR) is 93.6 cm³/mol. The van der Waals surface area contributed by atoms with E-state index in [0.717, 1.165) is 12.1 Å². The molecule has 0 saturated carbocycles. The summed E-state index contributed by atoms with van der Waals surface area (Å²) in [6.45, 7) is 0. The Balaban J connectivity index is 1.80. The molecule has 0 fully saturated rings. The Morgan fingerprint density at radius 3 is 2.57 bits per heavy atom. The van der Waals surface area contributed by atoms with Gasteiger partial charge in [0.15, 0.2) is 5.82 Å². The summed E-state index contributed by atoms with van der Waals surface area (Å²) in [6.07, 6.45) is -0.417. The third-order valence-corrected chi connectivity index (χ3v) is 4.20. The smallest absolute Gasteiger partial charge is 0.290 e. The first kappa shape index (κ1) is 17.7. The SMILES string of the molecule is N#Cc1cccnc1C1=CN(c2ccc(C(F)(F)F)cc2)N2C(=C1)N=NC2N. The van der Waals surface area contributed by atoms with E-state index in [1.807, 2.05) is 0 Å². The molecular formula is C18H12F3N7. The Kier molecular flexibility index (Phi) is 4.09. The fourth-order valence-electron chi connectivity index (χ4n) is 2.91. The fourth-order valence-corrected chi connectivity index (χ4v) is 2.91. The van der Waals surface area contributed by atoms with E-state index in [0.29, 0.717) is 28.3 Å². The van der Waals surface area contributed by atoms with Gasteiger partial charge >= 0.3 is 6.18 Å². The monoisotopic (exact) mass is 383 g/mol. The maximum atomic E-state index is 12.9. The number of nitriles is 1. The fraction of sp³-hybridized carbons (Fsp3) is 0.111. The van der Waals surface area contributed by atoms with Gasteiger partial charge in [-0.25, -0.2) is 5.01 Å². The van der Waals surface area contributed by atoms with Crippen molar-refractivity contribution in [3.8, 4) is 6.07 Å². The van der Waals surface area contributed by atoms with Gasteiger partial charge in [-0.1, -0.05) is 0 Å². The third kappa shape index (κ3) is 2.97. The van der Waals surface area contributed by atoms with E-state index in [4.69, 9.17) is 5.73 Å². The van der Waals surface area contributed by atoms with E-state index in [1.54, 1.807) is 35.6 Å². The number of halogens is 3. The molecule has 0 aliphatic carbocycles. The number of aromatic nitrogens is 1. The molecule has 1 unspecified atom stereocenters. The highest BCUT2D eigenvalue weighted by atomic mass is 19.4. The van der Waals surface area contributed by atoms with Crippen molar-refractivity contribution in [2.45, 2.75) is 12.5 Å². The van der Waals surface area contributed by atoms with Crippen LogP contribution in [0, 0.1) is 11.3 Å². The molecule has 1 atom stereocenters. The van der Waals surface area contributed by atoms with Gasteiger partial charge < -0.3 is 0 Å². The maximum absolute atomic E-state index is 12.9. The molecule has 2 aromatic rings. The molecule has 0 amide bonds. The Morgan fingerprint density at radius 2 is 1.89 bits per heavy atom. The first-order chi connectivity index (χ1) is 13.4. The molecule has 28 heavy (non-hydrogen) atoms. The van der Waals surface area contributed by atoms with Crippen LogP contribution in [0.25, 0.3) is 5.57 Å². The van der Waals surface area contributed by atoms with Crippen molar-refractivity contribution in [2.75, 3.05) is 5.01 Å². The summed E-state index contributed by atoms with van der Waals surface area (Å²) in [5, 5.41) is 20.3. The number of hydrogen-bond acceptors (Lipinski definition) is 7. The number of allylic oxidation sites excluding steroid dienone is 2. The molecule has 140 valence electrons. The summed E-state index contributed by atoms with van der Waals surface area (Å²) in [6, 6.07) is 9.96. The van der Waals surface area contributed by atoms with E-state index in [-0.39, 0.29) is 0 Å². The molecule has 3 heterocycles. The number of anilines is 1. The molecule has 0 spiro atoms. The van der Waals surface area contributed by atoms with Crippen LogP contribution in [0.3, 0.4) is 0 Å². The number of nitrogens with two attached hydrogens (primary N) is 1. The summed E-state index contributed by atoms with van der Waals surface area (Å²) in [5.41, 5.74) is 6.95. The van der Waals surface area contributed by atoms with Crippen molar-refractivity contribution >= 4 is 11.3 Å². The van der Waals surface area contributed by atoms with Gasteiger partial charge in [0.2, 0.25) is 6.29 Å². The second-order valence-electron chi connectivity index (χ2n) is 5.96. The van der Waals surface area contributed by atoms with Crippen LogP contribution < -0.4 is 10.7 Å². The van der Waals surface area contributed by atoms with Crippen molar-refractivity contribution in [2.24, 2.45) is 16.0 Å². The standard InChI is InChI=1S/C18H12F3N7/c19-18(20,21)13-3-5-14(6-4-13)27-10-12(8-15-25-26-17(23)28(15)27)16-11(9-22)2-1-7-24-16/h1-8,10,17H,23H2. The third-order valence-electron chi connectivity index (χ3n) is 4.20. The van der Waals surface area contributed by atoms with Crippen LogP contribution in [-0.2, 0) is 6.18 Å². The van der Waals surface area contributed by atoms with Gasteiger partial charge in [0.1, 0.15) is 6.07 Å². The van der Waals surface area contributed by atoms with Crippen LogP contribution in [0.15, 0.2) is 70.9 Å². The van der Waals surface area contributed by atoms with E-state index in [2.05, 4.69) is 21.3 Å². The largest absolute Gasteiger partial charge is 0.416 e. The van der Waals surface area contributed by atoms with Crippen LogP contribution in [0.5, 0.6) is 0 Å². The normalized spacial score (nSPS) is 18.5. The molecule has 2 aliphatic rings. The van der Waals surface area contributed by atoms with Gasteiger partial charge in [0.25, 0.3) is 0 Å². The summed E-state index contributed by atoms with van der Waals surface area (Å²) < 4.78 is 38.6. The highest BCUT2D eigenvalue weighted by Gasteiger charge is 2.34. The number of nitrogens with zero attached hydrogens (tertiary/aromatic N) is 6. The number of pyridine rings is 1. The molecule has 2 N–H and O–H groups in total. The maximum Gasteiger partial charge on any atom is 0.416 e. The predicted octanol–water partition coefficient (Wildman–Crippen LogP) is 3.60. The van der Waals surface area contributed by atoms with Gasteiger partial charge in [0.05, 0.1) is 22.5 Å². The Bertz CT molecular complexity index is 1050. The van der Waals surface area contributed by atoms with E-state index < -0.39 is 18.0 Å². The van der Waals surface area contributed by atoms with Crippen LogP contribution >= 0.6 is 0 Å². The Hall–Kier alpha value is -3.71. The molecule has 0 saturated heterocycles. The van der Waals surface area contributed by atoms with Crippen molar-refractivity contribution in [1.82, 2.24) is 9.99 Å². The molecule has 7 nitrogen and oxygen atoms in total. The zero-order chi connectivity index (χ0) is 19.9. The minimum absolute atomic E-state index is 0.352. The van der Waals surface area contributed by atoms with Crippen molar-refractivity contribution in [3.63, 3.8) is 0 Å². The Labute approximate surface area is 157 Å².